The number of nitrogens with two attached hydrogens (primary N) is 1. The maximum Gasteiger partial charge on any atom is 0.229 e. The molecule has 4 nitrogen and oxygen atoms in total. The Morgan fingerprint density at radius 2 is 2.43 bits per heavy atom. The first-order chi connectivity index (χ1) is 6.65. The minimum absolute atomic E-state index is 0.0886. The minimum atomic E-state index is -0.184. The largest absolute Gasteiger partial charge is 0.330 e. The third-order valence-electron chi connectivity index (χ3n) is 2.05. The number of amides is 1. The quantitative estimate of drug-likeness (QED) is 0.750. The zero-order chi connectivity index (χ0) is 10.6. The Morgan fingerprint density at radius 3 is 3.00 bits per heavy atom. The van der Waals surface area contributed by atoms with Gasteiger partial charge in [0.2, 0.25) is 5.91 Å². The topological polar surface area (TPSA) is 68.0 Å². The summed E-state index contributed by atoms with van der Waals surface area (Å²) in [7, 11) is 0. The molecule has 1 unspecified atom stereocenters. The lowest BCUT2D eigenvalue weighted by atomic mass is 10.1. The van der Waals surface area contributed by atoms with E-state index in [1.165, 1.54) is 0 Å². The molecular weight excluding hydrogens is 178 g/mol. The van der Waals surface area contributed by atoms with Crippen LogP contribution in [-0.2, 0) is 4.79 Å². The van der Waals surface area contributed by atoms with Crippen molar-refractivity contribution in [3.63, 3.8) is 0 Å². The number of hydrogen-bond donors (Lipinski definition) is 2. The molecule has 1 amide bonds. The van der Waals surface area contributed by atoms with E-state index >= 15 is 0 Å². The molecule has 76 valence electrons. The van der Waals surface area contributed by atoms with E-state index in [1.54, 1.807) is 13.1 Å². The Kier molecular flexibility index (Phi) is 3.59. The third kappa shape index (κ3) is 2.53. The van der Waals surface area contributed by atoms with Crippen LogP contribution in [0.3, 0.4) is 0 Å². The van der Waals surface area contributed by atoms with Gasteiger partial charge in [0, 0.05) is 18.7 Å². The third-order valence-corrected chi connectivity index (χ3v) is 2.05. The van der Waals surface area contributed by atoms with Gasteiger partial charge in [-0.2, -0.15) is 0 Å². The predicted molar refractivity (Wildman–Crippen MR) is 55.8 cm³/mol. The molecule has 0 aromatic carbocycles. The monoisotopic (exact) mass is 193 g/mol. The van der Waals surface area contributed by atoms with E-state index in [9.17, 15) is 4.79 Å². The zero-order valence-corrected chi connectivity index (χ0v) is 8.45. The number of hydrogen-bond acceptors (Lipinski definition) is 3. The zero-order valence-electron chi connectivity index (χ0n) is 8.45. The number of anilines is 1. The van der Waals surface area contributed by atoms with Gasteiger partial charge in [-0.05, 0) is 18.6 Å². The van der Waals surface area contributed by atoms with Crippen molar-refractivity contribution in [3.8, 4) is 0 Å². The highest BCUT2D eigenvalue weighted by atomic mass is 16.1. The van der Waals surface area contributed by atoms with Crippen molar-refractivity contribution < 1.29 is 4.79 Å². The maximum atomic E-state index is 11.5. The highest BCUT2D eigenvalue weighted by molar-refractivity contribution is 5.92. The summed E-state index contributed by atoms with van der Waals surface area (Å²) in [5, 5.41) is 2.73. The molecule has 0 aliphatic heterocycles. The van der Waals surface area contributed by atoms with E-state index < -0.39 is 0 Å². The van der Waals surface area contributed by atoms with Crippen LogP contribution in [0.1, 0.15) is 12.5 Å². The van der Waals surface area contributed by atoms with Crippen molar-refractivity contribution in [1.29, 1.82) is 0 Å². The molecule has 0 aliphatic rings. The number of carbonyl (C=O) groups excluding carboxylic acids is 1. The molecule has 0 saturated heterocycles. The van der Waals surface area contributed by atoms with Crippen molar-refractivity contribution in [2.75, 3.05) is 11.9 Å². The van der Waals surface area contributed by atoms with Crippen LogP contribution in [-0.4, -0.2) is 17.4 Å². The minimum Gasteiger partial charge on any atom is -0.330 e. The maximum absolute atomic E-state index is 11.5. The van der Waals surface area contributed by atoms with Crippen molar-refractivity contribution in [2.24, 2.45) is 11.7 Å². The second-order valence-corrected chi connectivity index (χ2v) is 3.29. The van der Waals surface area contributed by atoms with Crippen LogP contribution in [0, 0.1) is 12.8 Å². The van der Waals surface area contributed by atoms with Gasteiger partial charge in [0.05, 0.1) is 0 Å². The number of rotatable bonds is 3. The second-order valence-electron chi connectivity index (χ2n) is 3.29. The summed E-state index contributed by atoms with van der Waals surface area (Å²) in [6.45, 7) is 4.03. The Hall–Kier alpha value is -1.42. The van der Waals surface area contributed by atoms with Gasteiger partial charge < -0.3 is 11.1 Å². The highest BCUT2D eigenvalue weighted by Crippen LogP contribution is 2.10. The fourth-order valence-electron chi connectivity index (χ4n) is 0.963. The number of nitrogens with zero attached hydrogens (tertiary/aromatic N) is 1. The van der Waals surface area contributed by atoms with E-state index in [0.717, 1.165) is 5.56 Å². The molecule has 14 heavy (non-hydrogen) atoms. The Labute approximate surface area is 83.5 Å². The molecule has 0 fully saturated rings. The van der Waals surface area contributed by atoms with Crippen LogP contribution in [0.4, 0.5) is 5.82 Å². The predicted octanol–water partition coefficient (Wildman–Crippen LogP) is 0.923. The Morgan fingerprint density at radius 1 is 1.71 bits per heavy atom. The Balaban J connectivity index is 2.70. The number of nitrogens with one attached hydrogen (secondary N) is 1. The highest BCUT2D eigenvalue weighted by Gasteiger charge is 2.11. The average molecular weight is 193 g/mol. The van der Waals surface area contributed by atoms with E-state index in [4.69, 9.17) is 5.73 Å². The van der Waals surface area contributed by atoms with E-state index in [2.05, 4.69) is 10.3 Å². The molecule has 1 aromatic rings. The van der Waals surface area contributed by atoms with Gasteiger partial charge in [-0.15, -0.1) is 0 Å². The van der Waals surface area contributed by atoms with Gasteiger partial charge in [-0.3, -0.25) is 4.79 Å². The fourth-order valence-corrected chi connectivity index (χ4v) is 0.963. The van der Waals surface area contributed by atoms with Crippen molar-refractivity contribution in [1.82, 2.24) is 4.98 Å². The Bertz CT molecular complexity index is 325. The number of aromatic nitrogens is 1. The molecule has 1 heterocycles. The van der Waals surface area contributed by atoms with Gasteiger partial charge in [-0.1, -0.05) is 13.0 Å². The van der Waals surface area contributed by atoms with Gasteiger partial charge in [0.25, 0.3) is 0 Å². The number of carbonyl (C=O) groups is 1. The summed E-state index contributed by atoms with van der Waals surface area (Å²) in [5.74, 6) is 0.337. The lowest BCUT2D eigenvalue weighted by Crippen LogP contribution is -2.27. The fraction of sp³-hybridized carbons (Fsp3) is 0.400. The lowest BCUT2D eigenvalue weighted by molar-refractivity contribution is -0.119. The summed E-state index contributed by atoms with van der Waals surface area (Å²) in [6.07, 6.45) is 1.65. The lowest BCUT2D eigenvalue weighted by Gasteiger charge is -2.10. The standard InChI is InChI=1S/C10H15N3O/c1-7-4-3-5-12-9(7)13-10(14)8(2)6-11/h3-5,8H,6,11H2,1-2H3,(H,12,13,14). The van der Waals surface area contributed by atoms with Gasteiger partial charge in [-0.25, -0.2) is 4.98 Å². The van der Waals surface area contributed by atoms with Gasteiger partial charge in [0.1, 0.15) is 5.82 Å². The molecule has 0 bridgehead atoms. The first-order valence-electron chi connectivity index (χ1n) is 4.57. The van der Waals surface area contributed by atoms with Crippen LogP contribution in [0.5, 0.6) is 0 Å². The van der Waals surface area contributed by atoms with E-state index in [0.29, 0.717) is 12.4 Å². The van der Waals surface area contributed by atoms with E-state index in [1.807, 2.05) is 19.1 Å². The SMILES string of the molecule is Cc1cccnc1NC(=O)C(C)CN. The molecule has 1 atom stereocenters. The van der Waals surface area contributed by atoms with Crippen LogP contribution < -0.4 is 11.1 Å². The normalized spacial score (nSPS) is 12.2. The molecule has 3 N–H and O–H groups in total. The number of aryl methyl sites for hydroxylation is 1. The van der Waals surface area contributed by atoms with E-state index in [-0.39, 0.29) is 11.8 Å². The van der Waals surface area contributed by atoms with Crippen LogP contribution in [0.15, 0.2) is 18.3 Å². The van der Waals surface area contributed by atoms with Crippen molar-refractivity contribution in [2.45, 2.75) is 13.8 Å². The summed E-state index contributed by atoms with van der Waals surface area (Å²) in [6, 6.07) is 3.73. The summed E-state index contributed by atoms with van der Waals surface area (Å²) in [4.78, 5) is 15.5. The van der Waals surface area contributed by atoms with Gasteiger partial charge in [0.15, 0.2) is 0 Å². The molecule has 1 aromatic heterocycles. The smallest absolute Gasteiger partial charge is 0.229 e. The molecule has 1 rings (SSSR count). The molecule has 0 saturated carbocycles. The molecular formula is C10H15N3O. The van der Waals surface area contributed by atoms with Crippen molar-refractivity contribution >= 4 is 11.7 Å². The number of pyridine rings is 1. The summed E-state index contributed by atoms with van der Waals surface area (Å²) < 4.78 is 0. The molecule has 0 radical (unpaired) electrons. The van der Waals surface area contributed by atoms with Crippen LogP contribution in [0.25, 0.3) is 0 Å². The average Bonchev–Trinajstić information content (AvgIpc) is 2.20. The van der Waals surface area contributed by atoms with Crippen LogP contribution >= 0.6 is 0 Å². The first-order valence-corrected chi connectivity index (χ1v) is 4.57. The molecule has 0 aliphatic carbocycles. The second kappa shape index (κ2) is 4.72. The first kappa shape index (κ1) is 10.7. The molecule has 0 spiro atoms. The van der Waals surface area contributed by atoms with Gasteiger partial charge >= 0.3 is 0 Å². The summed E-state index contributed by atoms with van der Waals surface area (Å²) in [5.41, 5.74) is 6.33. The molecule has 4 heteroatoms. The summed E-state index contributed by atoms with van der Waals surface area (Å²) >= 11 is 0. The van der Waals surface area contributed by atoms with Crippen LogP contribution in [0.2, 0.25) is 0 Å². The van der Waals surface area contributed by atoms with Crippen molar-refractivity contribution in [3.05, 3.63) is 23.9 Å².